The summed E-state index contributed by atoms with van der Waals surface area (Å²) >= 11 is 0. The van der Waals surface area contributed by atoms with E-state index in [1.807, 2.05) is 19.9 Å². The average Bonchev–Trinajstić information content (AvgIpc) is 2.54. The average molecular weight is 303 g/mol. The van der Waals surface area contributed by atoms with E-state index >= 15 is 0 Å². The van der Waals surface area contributed by atoms with Gasteiger partial charge in [-0.3, -0.25) is 14.5 Å². The highest BCUT2D eigenvalue weighted by Gasteiger charge is 2.26. The van der Waals surface area contributed by atoms with Gasteiger partial charge in [0.1, 0.15) is 12.3 Å². The lowest BCUT2D eigenvalue weighted by Gasteiger charge is -2.28. The number of nitrogens with zero attached hydrogens (tertiary/aromatic N) is 2. The van der Waals surface area contributed by atoms with Crippen molar-refractivity contribution in [3.8, 4) is 5.75 Å². The van der Waals surface area contributed by atoms with Gasteiger partial charge in [-0.15, -0.1) is 0 Å². The highest BCUT2D eigenvalue weighted by molar-refractivity contribution is 6.02. The standard InChI is InChI=1S/C16H21N3O3/c1-4-11(2)12(3)17-18-15(20)9-19-13-7-5-6-8-14(13)22-10-16(19)21/h5-8,11H,4,9-10H2,1-3H3,(H,18,20)/b17-12-/t11-/m0/s1. The zero-order valence-corrected chi connectivity index (χ0v) is 13.1. The second kappa shape index (κ2) is 7.06. The third-order valence-electron chi connectivity index (χ3n) is 3.79. The zero-order valence-electron chi connectivity index (χ0n) is 13.1. The minimum Gasteiger partial charge on any atom is -0.482 e. The summed E-state index contributed by atoms with van der Waals surface area (Å²) in [6.45, 7) is 5.86. The van der Waals surface area contributed by atoms with E-state index in [1.165, 1.54) is 4.90 Å². The molecule has 2 amide bonds. The Morgan fingerprint density at radius 3 is 2.91 bits per heavy atom. The Kier molecular flexibility index (Phi) is 5.14. The SMILES string of the molecule is CC[C@H](C)/C(C)=N\NC(=O)CN1C(=O)COc2ccccc21. The number of fused-ring (bicyclic) bond motifs is 1. The van der Waals surface area contributed by atoms with Crippen LogP contribution in [0.3, 0.4) is 0 Å². The summed E-state index contributed by atoms with van der Waals surface area (Å²) in [5.41, 5.74) is 3.98. The van der Waals surface area contributed by atoms with Crippen molar-refractivity contribution in [1.82, 2.24) is 5.43 Å². The molecule has 2 rings (SSSR count). The number of benzene rings is 1. The van der Waals surface area contributed by atoms with Crippen molar-refractivity contribution in [2.75, 3.05) is 18.1 Å². The number of para-hydroxylation sites is 2. The fraction of sp³-hybridized carbons (Fsp3) is 0.438. The molecule has 1 aromatic rings. The molecule has 118 valence electrons. The molecule has 0 saturated carbocycles. The van der Waals surface area contributed by atoms with E-state index in [0.717, 1.165) is 12.1 Å². The molecule has 0 unspecified atom stereocenters. The van der Waals surface area contributed by atoms with Crippen molar-refractivity contribution in [2.45, 2.75) is 27.2 Å². The normalized spacial score (nSPS) is 15.9. The number of amides is 2. The molecule has 0 saturated heterocycles. The first-order valence-corrected chi connectivity index (χ1v) is 7.38. The maximum absolute atomic E-state index is 12.0. The van der Waals surface area contributed by atoms with Crippen LogP contribution in [0.15, 0.2) is 29.4 Å². The predicted octanol–water partition coefficient (Wildman–Crippen LogP) is 1.95. The van der Waals surface area contributed by atoms with E-state index < -0.39 is 0 Å². The fourth-order valence-electron chi connectivity index (χ4n) is 2.06. The number of hydrogen-bond donors (Lipinski definition) is 1. The molecule has 0 bridgehead atoms. The highest BCUT2D eigenvalue weighted by Crippen LogP contribution is 2.31. The zero-order chi connectivity index (χ0) is 16.1. The Hall–Kier alpha value is -2.37. The van der Waals surface area contributed by atoms with E-state index in [9.17, 15) is 9.59 Å². The monoisotopic (exact) mass is 303 g/mol. The van der Waals surface area contributed by atoms with E-state index in [2.05, 4.69) is 17.5 Å². The molecule has 1 aliphatic heterocycles. The summed E-state index contributed by atoms with van der Waals surface area (Å²) in [7, 11) is 0. The van der Waals surface area contributed by atoms with Crippen LogP contribution in [0.25, 0.3) is 0 Å². The quantitative estimate of drug-likeness (QED) is 0.667. The van der Waals surface area contributed by atoms with Crippen LogP contribution < -0.4 is 15.1 Å². The highest BCUT2D eigenvalue weighted by atomic mass is 16.5. The van der Waals surface area contributed by atoms with Gasteiger partial charge in [0.25, 0.3) is 11.8 Å². The Morgan fingerprint density at radius 2 is 2.18 bits per heavy atom. The summed E-state index contributed by atoms with van der Waals surface area (Å²) < 4.78 is 5.34. The molecule has 0 spiro atoms. The van der Waals surface area contributed by atoms with Gasteiger partial charge in [0.2, 0.25) is 0 Å². The molecule has 22 heavy (non-hydrogen) atoms. The van der Waals surface area contributed by atoms with Crippen molar-refractivity contribution in [1.29, 1.82) is 0 Å². The molecule has 0 aliphatic carbocycles. The van der Waals surface area contributed by atoms with Gasteiger partial charge in [-0.2, -0.15) is 5.10 Å². The van der Waals surface area contributed by atoms with E-state index in [-0.39, 0.29) is 25.0 Å². The number of anilines is 1. The van der Waals surface area contributed by atoms with Crippen LogP contribution >= 0.6 is 0 Å². The first kappa shape index (κ1) is 16.0. The van der Waals surface area contributed by atoms with Crippen LogP contribution in [-0.4, -0.2) is 30.7 Å². The number of rotatable bonds is 5. The van der Waals surface area contributed by atoms with Crippen LogP contribution in [0.5, 0.6) is 5.75 Å². The summed E-state index contributed by atoms with van der Waals surface area (Å²) in [4.78, 5) is 25.4. The molecular formula is C16H21N3O3. The molecule has 0 radical (unpaired) electrons. The van der Waals surface area contributed by atoms with Crippen molar-refractivity contribution in [2.24, 2.45) is 11.0 Å². The van der Waals surface area contributed by atoms with Crippen LogP contribution in [-0.2, 0) is 9.59 Å². The Bertz CT molecular complexity index is 598. The van der Waals surface area contributed by atoms with E-state index in [1.54, 1.807) is 18.2 Å². The van der Waals surface area contributed by atoms with Crippen LogP contribution in [0.1, 0.15) is 27.2 Å². The largest absolute Gasteiger partial charge is 0.482 e. The Labute approximate surface area is 130 Å². The van der Waals surface area contributed by atoms with Gasteiger partial charge in [-0.1, -0.05) is 26.0 Å². The molecule has 1 N–H and O–H groups in total. The Morgan fingerprint density at radius 1 is 1.45 bits per heavy atom. The maximum atomic E-state index is 12.0. The van der Waals surface area contributed by atoms with Gasteiger partial charge in [0, 0.05) is 5.71 Å². The second-order valence-electron chi connectivity index (χ2n) is 5.33. The molecular weight excluding hydrogens is 282 g/mol. The number of ether oxygens (including phenoxy) is 1. The van der Waals surface area contributed by atoms with Gasteiger partial charge in [-0.25, -0.2) is 5.43 Å². The van der Waals surface area contributed by atoms with Crippen molar-refractivity contribution in [3.05, 3.63) is 24.3 Å². The van der Waals surface area contributed by atoms with E-state index in [0.29, 0.717) is 17.4 Å². The number of nitrogens with one attached hydrogen (secondary N) is 1. The lowest BCUT2D eigenvalue weighted by Crippen LogP contribution is -2.44. The molecule has 6 heteroatoms. The molecule has 1 heterocycles. The van der Waals surface area contributed by atoms with E-state index in [4.69, 9.17) is 4.74 Å². The molecule has 1 aliphatic rings. The summed E-state index contributed by atoms with van der Waals surface area (Å²) in [6, 6.07) is 7.16. The van der Waals surface area contributed by atoms with Crippen molar-refractivity contribution in [3.63, 3.8) is 0 Å². The number of hydrogen-bond acceptors (Lipinski definition) is 4. The number of carbonyl (C=O) groups is 2. The lowest BCUT2D eigenvalue weighted by molar-refractivity contribution is -0.125. The topological polar surface area (TPSA) is 71.0 Å². The van der Waals surface area contributed by atoms with Crippen LogP contribution in [0.4, 0.5) is 5.69 Å². The van der Waals surface area contributed by atoms with Gasteiger partial charge < -0.3 is 4.74 Å². The van der Waals surface area contributed by atoms with Gasteiger partial charge in [-0.05, 0) is 31.4 Å². The van der Waals surface area contributed by atoms with Gasteiger partial charge in [0.15, 0.2) is 6.61 Å². The van der Waals surface area contributed by atoms with Crippen LogP contribution in [0, 0.1) is 5.92 Å². The van der Waals surface area contributed by atoms with Crippen molar-refractivity contribution >= 4 is 23.2 Å². The first-order chi connectivity index (χ1) is 10.5. The third-order valence-corrected chi connectivity index (χ3v) is 3.79. The van der Waals surface area contributed by atoms with Gasteiger partial charge in [0.05, 0.1) is 5.69 Å². The fourth-order valence-corrected chi connectivity index (χ4v) is 2.06. The number of carbonyl (C=O) groups excluding carboxylic acids is 2. The maximum Gasteiger partial charge on any atom is 0.265 e. The smallest absolute Gasteiger partial charge is 0.265 e. The summed E-state index contributed by atoms with van der Waals surface area (Å²) in [6.07, 6.45) is 0.959. The van der Waals surface area contributed by atoms with Crippen molar-refractivity contribution < 1.29 is 14.3 Å². The first-order valence-electron chi connectivity index (χ1n) is 7.38. The lowest BCUT2D eigenvalue weighted by atomic mass is 10.1. The molecule has 6 nitrogen and oxygen atoms in total. The molecule has 0 fully saturated rings. The third kappa shape index (κ3) is 3.63. The van der Waals surface area contributed by atoms with Crippen LogP contribution in [0.2, 0.25) is 0 Å². The summed E-state index contributed by atoms with van der Waals surface area (Å²) in [5, 5.41) is 4.09. The minimum atomic E-state index is -0.326. The minimum absolute atomic E-state index is 0.0561. The summed E-state index contributed by atoms with van der Waals surface area (Å²) in [5.74, 6) is 0.351. The predicted molar refractivity (Wildman–Crippen MR) is 85.0 cm³/mol. The molecule has 1 aromatic carbocycles. The van der Waals surface area contributed by atoms with Gasteiger partial charge >= 0.3 is 0 Å². The Balaban J connectivity index is 2.04. The second-order valence-corrected chi connectivity index (χ2v) is 5.33. The number of hydrazone groups is 1. The molecule has 1 atom stereocenters. The molecule has 0 aromatic heterocycles.